The van der Waals surface area contributed by atoms with Crippen molar-refractivity contribution in [1.82, 2.24) is 20.1 Å². The van der Waals surface area contributed by atoms with Crippen LogP contribution in [0.2, 0.25) is 0 Å². The highest BCUT2D eigenvalue weighted by atomic mass is 15.3. The lowest BCUT2D eigenvalue weighted by Crippen LogP contribution is -2.44. The molecular weight excluding hydrogens is 362 g/mol. The quantitative estimate of drug-likeness (QED) is 0.666. The zero-order chi connectivity index (χ0) is 20.1. The van der Waals surface area contributed by atoms with E-state index >= 15 is 0 Å². The predicted molar refractivity (Wildman–Crippen MR) is 118 cm³/mol. The molecule has 150 valence electrons. The normalized spacial score (nSPS) is 14.6. The van der Waals surface area contributed by atoms with Crippen molar-refractivity contribution in [2.75, 3.05) is 48.8 Å². The Kier molecular flexibility index (Phi) is 5.86. The first-order valence-corrected chi connectivity index (χ1v) is 10.1. The van der Waals surface area contributed by atoms with Gasteiger partial charge in [-0.05, 0) is 55.4 Å². The van der Waals surface area contributed by atoms with Crippen molar-refractivity contribution in [3.05, 3.63) is 60.3 Å². The maximum absolute atomic E-state index is 4.51. The third-order valence-corrected chi connectivity index (χ3v) is 5.19. The van der Waals surface area contributed by atoms with Crippen LogP contribution in [0.1, 0.15) is 12.5 Å². The number of aromatic nitrogens is 3. The number of likely N-dealkylation sites (N-methyl/N-ethyl adjacent to an activating group) is 1. The van der Waals surface area contributed by atoms with Gasteiger partial charge in [0, 0.05) is 43.2 Å². The fraction of sp³-hybridized carbons (Fsp3) is 0.318. The molecule has 1 aliphatic heterocycles. The van der Waals surface area contributed by atoms with E-state index in [2.05, 4.69) is 86.0 Å². The number of nitrogens with one attached hydrogen (secondary N) is 2. The number of anilines is 5. The van der Waals surface area contributed by atoms with Gasteiger partial charge >= 0.3 is 0 Å². The van der Waals surface area contributed by atoms with Gasteiger partial charge in [-0.1, -0.05) is 19.1 Å². The number of rotatable bonds is 6. The second-order valence-corrected chi connectivity index (χ2v) is 7.30. The maximum atomic E-state index is 4.51. The SMILES string of the molecule is CCc1ccc(Nc2nncc(Nc3ccc(N4CCN(C)CC4)cc3)n2)cc1. The molecular formula is C22H27N7. The lowest BCUT2D eigenvalue weighted by atomic mass is 10.1. The third kappa shape index (κ3) is 5.00. The molecule has 0 bridgehead atoms. The number of benzene rings is 2. The van der Waals surface area contributed by atoms with E-state index in [-0.39, 0.29) is 0 Å². The zero-order valence-corrected chi connectivity index (χ0v) is 17.0. The Balaban J connectivity index is 1.39. The summed E-state index contributed by atoms with van der Waals surface area (Å²) < 4.78 is 0. The highest BCUT2D eigenvalue weighted by Crippen LogP contribution is 2.22. The topological polar surface area (TPSA) is 69.2 Å². The smallest absolute Gasteiger partial charge is 0.249 e. The largest absolute Gasteiger partial charge is 0.369 e. The number of aryl methyl sites for hydroxylation is 1. The molecule has 0 spiro atoms. The van der Waals surface area contributed by atoms with E-state index in [1.807, 2.05) is 12.1 Å². The van der Waals surface area contributed by atoms with E-state index in [0.717, 1.165) is 44.0 Å². The lowest BCUT2D eigenvalue weighted by molar-refractivity contribution is 0.313. The third-order valence-electron chi connectivity index (χ3n) is 5.19. The minimum Gasteiger partial charge on any atom is -0.369 e. The van der Waals surface area contributed by atoms with Crippen molar-refractivity contribution < 1.29 is 0 Å². The Morgan fingerprint density at radius 2 is 1.52 bits per heavy atom. The summed E-state index contributed by atoms with van der Waals surface area (Å²) in [4.78, 5) is 9.29. The van der Waals surface area contributed by atoms with Crippen molar-refractivity contribution >= 4 is 28.8 Å². The minimum absolute atomic E-state index is 0.466. The second kappa shape index (κ2) is 8.87. The van der Waals surface area contributed by atoms with Crippen LogP contribution in [0.5, 0.6) is 0 Å². The summed E-state index contributed by atoms with van der Waals surface area (Å²) in [6.45, 7) is 6.47. The zero-order valence-electron chi connectivity index (χ0n) is 17.0. The Morgan fingerprint density at radius 1 is 0.862 bits per heavy atom. The Hall–Kier alpha value is -3.19. The number of nitrogens with zero attached hydrogens (tertiary/aromatic N) is 5. The van der Waals surface area contributed by atoms with Crippen molar-refractivity contribution in [2.45, 2.75) is 13.3 Å². The molecule has 0 saturated carbocycles. The minimum atomic E-state index is 0.466. The number of piperazine rings is 1. The van der Waals surface area contributed by atoms with E-state index in [4.69, 9.17) is 0 Å². The molecule has 2 aromatic carbocycles. The molecule has 7 nitrogen and oxygen atoms in total. The van der Waals surface area contributed by atoms with Crippen LogP contribution < -0.4 is 15.5 Å². The lowest BCUT2D eigenvalue weighted by Gasteiger charge is -2.34. The highest BCUT2D eigenvalue weighted by molar-refractivity contribution is 5.62. The predicted octanol–water partition coefficient (Wildman–Crippen LogP) is 3.67. The standard InChI is InChI=1S/C22H27N7/c1-3-17-4-6-19(7-5-17)25-22-26-21(16-23-27-22)24-18-8-10-20(11-9-18)29-14-12-28(2)13-15-29/h4-11,16H,3,12-15H2,1-2H3,(H2,24,25,26,27). The van der Waals surface area contributed by atoms with Crippen LogP contribution in [-0.4, -0.2) is 53.3 Å². The average Bonchev–Trinajstić information content (AvgIpc) is 2.76. The van der Waals surface area contributed by atoms with Crippen molar-refractivity contribution in [3.8, 4) is 0 Å². The molecule has 3 aromatic rings. The molecule has 7 heteroatoms. The summed E-state index contributed by atoms with van der Waals surface area (Å²) >= 11 is 0. The maximum Gasteiger partial charge on any atom is 0.249 e. The van der Waals surface area contributed by atoms with Crippen LogP contribution in [0.3, 0.4) is 0 Å². The van der Waals surface area contributed by atoms with Crippen LogP contribution >= 0.6 is 0 Å². The van der Waals surface area contributed by atoms with Gasteiger partial charge in [0.2, 0.25) is 5.95 Å². The molecule has 0 atom stereocenters. The summed E-state index contributed by atoms with van der Waals surface area (Å²) in [5.41, 5.74) is 4.46. The van der Waals surface area contributed by atoms with Crippen molar-refractivity contribution in [1.29, 1.82) is 0 Å². The highest BCUT2D eigenvalue weighted by Gasteiger charge is 2.14. The van der Waals surface area contributed by atoms with Crippen LogP contribution in [-0.2, 0) is 6.42 Å². The van der Waals surface area contributed by atoms with Gasteiger partial charge in [-0.15, -0.1) is 5.10 Å². The average molecular weight is 390 g/mol. The molecule has 2 N–H and O–H groups in total. The number of hydrogen-bond acceptors (Lipinski definition) is 7. The van der Waals surface area contributed by atoms with E-state index in [1.54, 1.807) is 6.20 Å². The van der Waals surface area contributed by atoms with E-state index in [1.165, 1.54) is 11.3 Å². The molecule has 4 rings (SSSR count). The molecule has 1 fully saturated rings. The molecule has 1 aromatic heterocycles. The summed E-state index contributed by atoms with van der Waals surface area (Å²) in [5, 5.41) is 14.6. The summed E-state index contributed by atoms with van der Waals surface area (Å²) in [7, 11) is 2.17. The summed E-state index contributed by atoms with van der Waals surface area (Å²) in [6.07, 6.45) is 2.64. The van der Waals surface area contributed by atoms with Crippen molar-refractivity contribution in [2.24, 2.45) is 0 Å². The van der Waals surface area contributed by atoms with E-state index in [0.29, 0.717) is 11.8 Å². The van der Waals surface area contributed by atoms with Gasteiger partial charge in [0.15, 0.2) is 5.82 Å². The Labute approximate surface area is 171 Å². The van der Waals surface area contributed by atoms with Gasteiger partial charge in [-0.2, -0.15) is 10.1 Å². The number of hydrogen-bond donors (Lipinski definition) is 2. The van der Waals surface area contributed by atoms with Gasteiger partial charge in [0.1, 0.15) is 0 Å². The monoisotopic (exact) mass is 389 g/mol. The summed E-state index contributed by atoms with van der Waals surface area (Å²) in [6, 6.07) is 16.7. The van der Waals surface area contributed by atoms with Crippen LogP contribution in [0, 0.1) is 0 Å². The molecule has 1 aliphatic rings. The molecule has 1 saturated heterocycles. The van der Waals surface area contributed by atoms with E-state index in [9.17, 15) is 0 Å². The molecule has 0 radical (unpaired) electrons. The van der Waals surface area contributed by atoms with Gasteiger partial charge < -0.3 is 20.4 Å². The molecule has 29 heavy (non-hydrogen) atoms. The van der Waals surface area contributed by atoms with Crippen LogP contribution in [0.4, 0.5) is 28.8 Å². The molecule has 0 amide bonds. The second-order valence-electron chi connectivity index (χ2n) is 7.30. The fourth-order valence-corrected chi connectivity index (χ4v) is 3.34. The fourth-order valence-electron chi connectivity index (χ4n) is 3.34. The van der Waals surface area contributed by atoms with Gasteiger partial charge in [-0.3, -0.25) is 0 Å². The first-order chi connectivity index (χ1) is 14.2. The Morgan fingerprint density at radius 3 is 2.21 bits per heavy atom. The Bertz CT molecular complexity index is 917. The van der Waals surface area contributed by atoms with Gasteiger partial charge in [0.25, 0.3) is 0 Å². The molecule has 0 aliphatic carbocycles. The van der Waals surface area contributed by atoms with Crippen LogP contribution in [0.15, 0.2) is 54.7 Å². The first-order valence-electron chi connectivity index (χ1n) is 10.1. The van der Waals surface area contributed by atoms with Crippen molar-refractivity contribution in [3.63, 3.8) is 0 Å². The molecule has 0 unspecified atom stereocenters. The summed E-state index contributed by atoms with van der Waals surface area (Å²) in [5.74, 6) is 1.12. The van der Waals surface area contributed by atoms with Crippen LogP contribution in [0.25, 0.3) is 0 Å². The van der Waals surface area contributed by atoms with Gasteiger partial charge in [0.05, 0.1) is 6.20 Å². The molecule has 2 heterocycles. The van der Waals surface area contributed by atoms with Gasteiger partial charge in [-0.25, -0.2) is 0 Å². The van der Waals surface area contributed by atoms with E-state index < -0.39 is 0 Å². The first kappa shape index (κ1) is 19.1.